The molecule has 86 valence electrons. The zero-order chi connectivity index (χ0) is 12.0. The highest BCUT2D eigenvalue weighted by molar-refractivity contribution is 5.80. The number of aromatic nitrogens is 2. The maximum atomic E-state index is 9.25. The normalized spacial score (nSPS) is 11.1. The van der Waals surface area contributed by atoms with Crippen molar-refractivity contribution in [3.63, 3.8) is 0 Å². The number of benzene rings is 1. The van der Waals surface area contributed by atoms with Crippen LogP contribution in [-0.4, -0.2) is 14.7 Å². The van der Waals surface area contributed by atoms with E-state index >= 15 is 0 Å². The molecule has 2 heterocycles. The third kappa shape index (κ3) is 1.44. The fourth-order valence-electron chi connectivity index (χ4n) is 1.92. The first-order chi connectivity index (χ1) is 8.15. The third-order valence-corrected chi connectivity index (χ3v) is 2.76. The first-order valence-corrected chi connectivity index (χ1v) is 5.16. The summed E-state index contributed by atoms with van der Waals surface area (Å²) in [6.07, 6.45) is 0. The molecule has 3 aromatic rings. The molecule has 0 aliphatic heterocycles. The summed E-state index contributed by atoms with van der Waals surface area (Å²) in [5, 5.41) is 9.25. The van der Waals surface area contributed by atoms with E-state index in [4.69, 9.17) is 10.2 Å². The van der Waals surface area contributed by atoms with Crippen LogP contribution >= 0.6 is 0 Å². The average Bonchev–Trinajstić information content (AvgIpc) is 2.79. The molecule has 0 spiro atoms. The Bertz CT molecular complexity index is 680. The van der Waals surface area contributed by atoms with Gasteiger partial charge in [-0.3, -0.25) is 0 Å². The van der Waals surface area contributed by atoms with Crippen molar-refractivity contribution in [3.05, 3.63) is 30.3 Å². The van der Waals surface area contributed by atoms with Crippen LogP contribution in [0.2, 0.25) is 0 Å². The number of nitrogen functional groups attached to an aromatic ring is 1. The lowest BCUT2D eigenvalue weighted by Crippen LogP contribution is -1.92. The zero-order valence-corrected chi connectivity index (χ0v) is 9.21. The van der Waals surface area contributed by atoms with Gasteiger partial charge in [0.1, 0.15) is 5.75 Å². The molecule has 0 radical (unpaired) electrons. The van der Waals surface area contributed by atoms with Gasteiger partial charge in [0.25, 0.3) is 6.01 Å². The summed E-state index contributed by atoms with van der Waals surface area (Å²) in [5.74, 6) is 0.244. The second-order valence-electron chi connectivity index (χ2n) is 3.88. The Morgan fingerprint density at radius 1 is 1.29 bits per heavy atom. The van der Waals surface area contributed by atoms with Gasteiger partial charge in [-0.1, -0.05) is 0 Å². The largest absolute Gasteiger partial charge is 0.508 e. The molecule has 0 unspecified atom stereocenters. The molecule has 1 aromatic carbocycles. The molecule has 5 nitrogen and oxygen atoms in total. The number of fused-ring (bicyclic) bond motifs is 1. The lowest BCUT2D eigenvalue weighted by Gasteiger charge is -2.03. The van der Waals surface area contributed by atoms with E-state index in [9.17, 15) is 5.11 Å². The highest BCUT2D eigenvalue weighted by Gasteiger charge is 2.12. The molecular weight excluding hydrogens is 218 g/mol. The second kappa shape index (κ2) is 3.28. The minimum atomic E-state index is 0.169. The van der Waals surface area contributed by atoms with E-state index in [1.165, 1.54) is 0 Å². The lowest BCUT2D eigenvalue weighted by molar-refractivity contribution is 0.475. The second-order valence-corrected chi connectivity index (χ2v) is 3.88. The Balaban J connectivity index is 2.20. The van der Waals surface area contributed by atoms with Crippen LogP contribution in [0.3, 0.4) is 0 Å². The molecule has 17 heavy (non-hydrogen) atoms. The number of nitrogens with zero attached hydrogens (tertiary/aromatic N) is 2. The van der Waals surface area contributed by atoms with Gasteiger partial charge in [0.15, 0.2) is 11.2 Å². The molecule has 5 heteroatoms. The van der Waals surface area contributed by atoms with Gasteiger partial charge >= 0.3 is 0 Å². The van der Waals surface area contributed by atoms with E-state index in [0.29, 0.717) is 11.2 Å². The smallest absolute Gasteiger partial charge is 0.294 e. The van der Waals surface area contributed by atoms with Crippen LogP contribution in [0.25, 0.3) is 22.5 Å². The van der Waals surface area contributed by atoms with Gasteiger partial charge in [0, 0.05) is 13.1 Å². The van der Waals surface area contributed by atoms with E-state index in [0.717, 1.165) is 11.3 Å². The fourth-order valence-corrected chi connectivity index (χ4v) is 1.92. The number of rotatable bonds is 1. The Hall–Kier alpha value is -2.43. The molecule has 2 aromatic heterocycles. The van der Waals surface area contributed by atoms with Crippen molar-refractivity contribution in [2.75, 3.05) is 5.73 Å². The van der Waals surface area contributed by atoms with Crippen molar-refractivity contribution < 1.29 is 9.52 Å². The van der Waals surface area contributed by atoms with E-state index < -0.39 is 0 Å². The molecule has 3 rings (SSSR count). The number of hydrogen-bond donors (Lipinski definition) is 2. The summed E-state index contributed by atoms with van der Waals surface area (Å²) in [5.41, 5.74) is 8.81. The van der Waals surface area contributed by atoms with Gasteiger partial charge in [0.2, 0.25) is 0 Å². The predicted octanol–water partition coefficient (Wildman–Crippen LogP) is 2.12. The number of phenols is 1. The number of nitrogens with two attached hydrogens (primary N) is 1. The van der Waals surface area contributed by atoms with Crippen LogP contribution in [0.4, 0.5) is 6.01 Å². The Kier molecular flexibility index (Phi) is 1.89. The number of aromatic hydroxyl groups is 1. The van der Waals surface area contributed by atoms with E-state index in [2.05, 4.69) is 4.98 Å². The van der Waals surface area contributed by atoms with Crippen LogP contribution < -0.4 is 5.73 Å². The van der Waals surface area contributed by atoms with Crippen LogP contribution in [-0.2, 0) is 7.05 Å². The van der Waals surface area contributed by atoms with Crippen molar-refractivity contribution >= 4 is 17.2 Å². The molecule has 0 saturated heterocycles. The van der Waals surface area contributed by atoms with Crippen LogP contribution in [0.5, 0.6) is 5.75 Å². The number of anilines is 1. The molecule has 3 N–H and O–H groups in total. The van der Waals surface area contributed by atoms with Crippen molar-refractivity contribution in [2.24, 2.45) is 7.05 Å². The van der Waals surface area contributed by atoms with Gasteiger partial charge in [0.05, 0.1) is 5.69 Å². The molecular formula is C12H11N3O2. The molecule has 0 aliphatic rings. The fraction of sp³-hybridized carbons (Fsp3) is 0.0833. The van der Waals surface area contributed by atoms with E-state index in [-0.39, 0.29) is 11.8 Å². The summed E-state index contributed by atoms with van der Waals surface area (Å²) >= 11 is 0. The summed E-state index contributed by atoms with van der Waals surface area (Å²) in [4.78, 5) is 4.10. The highest BCUT2D eigenvalue weighted by atomic mass is 16.4. The van der Waals surface area contributed by atoms with Crippen LogP contribution in [0.15, 0.2) is 34.7 Å². The average molecular weight is 229 g/mol. The number of aryl methyl sites for hydroxylation is 1. The maximum absolute atomic E-state index is 9.25. The standard InChI is InChI=1S/C12H11N3O2/c1-15-9(7-2-4-8(16)5-3-7)6-10-11(15)14-12(13)17-10/h2-6,16H,1H3,(H2,13,14). The molecule has 0 aliphatic carbocycles. The molecule has 0 atom stereocenters. The van der Waals surface area contributed by atoms with Gasteiger partial charge in [-0.2, -0.15) is 4.98 Å². The predicted molar refractivity (Wildman–Crippen MR) is 64.5 cm³/mol. The van der Waals surface area contributed by atoms with Gasteiger partial charge < -0.3 is 19.8 Å². The number of phenolic OH excluding ortho intramolecular Hbond substituents is 1. The first kappa shape index (κ1) is 9.77. The lowest BCUT2D eigenvalue weighted by atomic mass is 10.1. The van der Waals surface area contributed by atoms with Crippen molar-refractivity contribution in [1.82, 2.24) is 9.55 Å². The first-order valence-electron chi connectivity index (χ1n) is 5.16. The minimum absolute atomic E-state index is 0.169. The van der Waals surface area contributed by atoms with Gasteiger partial charge in [-0.05, 0) is 29.8 Å². The molecule has 0 saturated carbocycles. The third-order valence-electron chi connectivity index (χ3n) is 2.76. The minimum Gasteiger partial charge on any atom is -0.508 e. The Morgan fingerprint density at radius 2 is 2.00 bits per heavy atom. The van der Waals surface area contributed by atoms with Gasteiger partial charge in [-0.25, -0.2) is 0 Å². The SMILES string of the molecule is Cn1c(-c2ccc(O)cc2)cc2oc(N)nc21. The monoisotopic (exact) mass is 229 g/mol. The summed E-state index contributed by atoms with van der Waals surface area (Å²) in [6, 6.07) is 9.02. The van der Waals surface area contributed by atoms with Crippen molar-refractivity contribution in [2.45, 2.75) is 0 Å². The molecule has 0 bridgehead atoms. The highest BCUT2D eigenvalue weighted by Crippen LogP contribution is 2.28. The Labute approximate surface area is 97.1 Å². The summed E-state index contributed by atoms with van der Waals surface area (Å²) in [7, 11) is 1.90. The van der Waals surface area contributed by atoms with Crippen LogP contribution in [0.1, 0.15) is 0 Å². The van der Waals surface area contributed by atoms with Gasteiger partial charge in [-0.15, -0.1) is 0 Å². The number of oxazole rings is 1. The van der Waals surface area contributed by atoms with E-state index in [1.54, 1.807) is 12.1 Å². The van der Waals surface area contributed by atoms with Crippen LogP contribution in [0, 0.1) is 0 Å². The topological polar surface area (TPSA) is 77.2 Å². The number of hydrogen-bond acceptors (Lipinski definition) is 4. The quantitative estimate of drug-likeness (QED) is 0.670. The summed E-state index contributed by atoms with van der Waals surface area (Å²) < 4.78 is 7.18. The van der Waals surface area contributed by atoms with Crippen molar-refractivity contribution in [3.8, 4) is 17.0 Å². The van der Waals surface area contributed by atoms with Crippen molar-refractivity contribution in [1.29, 1.82) is 0 Å². The molecule has 0 amide bonds. The molecule has 0 fully saturated rings. The summed E-state index contributed by atoms with van der Waals surface area (Å²) in [6.45, 7) is 0. The zero-order valence-electron chi connectivity index (χ0n) is 9.21. The Morgan fingerprint density at radius 3 is 2.65 bits per heavy atom. The van der Waals surface area contributed by atoms with E-state index in [1.807, 2.05) is 29.8 Å². The maximum Gasteiger partial charge on any atom is 0.294 e.